The molecule has 0 spiro atoms. The van der Waals surface area contributed by atoms with Crippen LogP contribution in [0, 0.1) is 6.92 Å². The summed E-state index contributed by atoms with van der Waals surface area (Å²) in [4.78, 5) is 20.9. The first-order valence-electron chi connectivity index (χ1n) is 9.32. The molecule has 0 radical (unpaired) electrons. The van der Waals surface area contributed by atoms with Gasteiger partial charge >= 0.3 is 6.03 Å². The van der Waals surface area contributed by atoms with E-state index in [1.54, 1.807) is 18.1 Å². The minimum atomic E-state index is -0.0926. The molecule has 2 aromatic heterocycles. The highest BCUT2D eigenvalue weighted by molar-refractivity contribution is 5.73. The summed E-state index contributed by atoms with van der Waals surface area (Å²) in [7, 11) is 1.78. The van der Waals surface area contributed by atoms with Crippen molar-refractivity contribution in [3.05, 3.63) is 53.7 Å². The summed E-state index contributed by atoms with van der Waals surface area (Å²) in [6.45, 7) is 5.07. The van der Waals surface area contributed by atoms with Gasteiger partial charge in [-0.25, -0.2) is 4.79 Å². The largest absolute Gasteiger partial charge is 0.464 e. The van der Waals surface area contributed by atoms with Gasteiger partial charge in [0.15, 0.2) is 0 Å². The Balaban J connectivity index is 1.60. The van der Waals surface area contributed by atoms with Crippen molar-refractivity contribution in [3.8, 4) is 0 Å². The van der Waals surface area contributed by atoms with Gasteiger partial charge in [0.05, 0.1) is 12.6 Å². The number of urea groups is 1. The van der Waals surface area contributed by atoms with Gasteiger partial charge in [-0.15, -0.1) is 0 Å². The minimum absolute atomic E-state index is 0.0926. The van der Waals surface area contributed by atoms with Crippen LogP contribution in [-0.2, 0) is 6.54 Å². The average Bonchev–Trinajstić information content (AvgIpc) is 3.08. The maximum atomic E-state index is 12.5. The molecule has 2 aromatic rings. The van der Waals surface area contributed by atoms with Crippen molar-refractivity contribution in [2.75, 3.05) is 26.7 Å². The predicted molar refractivity (Wildman–Crippen MR) is 101 cm³/mol. The zero-order valence-electron chi connectivity index (χ0n) is 15.6. The van der Waals surface area contributed by atoms with Crippen LogP contribution in [0.1, 0.15) is 42.4 Å². The minimum Gasteiger partial charge on any atom is -0.464 e. The molecule has 1 N–H and O–H groups in total. The normalized spacial score (nSPS) is 16.2. The number of nitrogens with zero attached hydrogens (tertiary/aromatic N) is 3. The summed E-state index contributed by atoms with van der Waals surface area (Å²) in [5, 5.41) is 3.08. The fraction of sp³-hybridized carbons (Fsp3) is 0.500. The molecule has 0 aliphatic carbocycles. The lowest BCUT2D eigenvalue weighted by atomic mass is 10.0. The molecule has 1 saturated heterocycles. The SMILES string of the molecule is Cc1ccc(CN(C)C(=O)NCC(c2cccnc2)N2CCCCC2)o1. The Bertz CT molecular complexity index is 695. The molecule has 3 heterocycles. The Morgan fingerprint density at radius 1 is 1.31 bits per heavy atom. The van der Waals surface area contributed by atoms with E-state index in [0.717, 1.165) is 30.2 Å². The van der Waals surface area contributed by atoms with Crippen LogP contribution in [-0.4, -0.2) is 47.5 Å². The Kier molecular flexibility index (Phi) is 6.28. The van der Waals surface area contributed by atoms with Crippen LogP contribution in [0.5, 0.6) is 0 Å². The third-order valence-electron chi connectivity index (χ3n) is 4.88. The molecule has 1 atom stereocenters. The topological polar surface area (TPSA) is 61.6 Å². The Morgan fingerprint density at radius 3 is 2.77 bits per heavy atom. The molecule has 6 heteroatoms. The van der Waals surface area contributed by atoms with Crippen molar-refractivity contribution in [1.29, 1.82) is 0 Å². The summed E-state index contributed by atoms with van der Waals surface area (Å²) in [6.07, 6.45) is 7.40. The first kappa shape index (κ1) is 18.5. The average molecular weight is 356 g/mol. The number of carbonyl (C=O) groups is 1. The van der Waals surface area contributed by atoms with Crippen molar-refractivity contribution in [2.45, 2.75) is 38.8 Å². The maximum absolute atomic E-state index is 12.5. The van der Waals surface area contributed by atoms with Crippen LogP contribution in [0.25, 0.3) is 0 Å². The summed E-state index contributed by atoms with van der Waals surface area (Å²) in [5.74, 6) is 1.65. The smallest absolute Gasteiger partial charge is 0.317 e. The first-order valence-corrected chi connectivity index (χ1v) is 9.32. The molecule has 1 fully saturated rings. The number of carbonyl (C=O) groups excluding carboxylic acids is 1. The molecule has 3 rings (SSSR count). The first-order chi connectivity index (χ1) is 12.6. The maximum Gasteiger partial charge on any atom is 0.317 e. The number of piperidine rings is 1. The number of aryl methyl sites for hydroxylation is 1. The number of nitrogens with one attached hydrogen (secondary N) is 1. The van der Waals surface area contributed by atoms with Crippen LogP contribution < -0.4 is 5.32 Å². The number of hydrogen-bond acceptors (Lipinski definition) is 4. The van der Waals surface area contributed by atoms with Crippen LogP contribution in [0.4, 0.5) is 4.79 Å². The van der Waals surface area contributed by atoms with E-state index in [1.165, 1.54) is 19.3 Å². The number of amides is 2. The zero-order valence-corrected chi connectivity index (χ0v) is 15.6. The highest BCUT2D eigenvalue weighted by Gasteiger charge is 2.23. The molecule has 1 aliphatic rings. The molecule has 0 saturated carbocycles. The van der Waals surface area contributed by atoms with E-state index in [4.69, 9.17) is 4.42 Å². The number of likely N-dealkylation sites (tertiary alicyclic amines) is 1. The van der Waals surface area contributed by atoms with E-state index in [-0.39, 0.29) is 12.1 Å². The van der Waals surface area contributed by atoms with Crippen LogP contribution >= 0.6 is 0 Å². The van der Waals surface area contributed by atoms with Gasteiger partial charge in [0.25, 0.3) is 0 Å². The highest BCUT2D eigenvalue weighted by atomic mass is 16.3. The van der Waals surface area contributed by atoms with Gasteiger partial charge < -0.3 is 14.6 Å². The summed E-state index contributed by atoms with van der Waals surface area (Å²) in [6, 6.07) is 7.94. The van der Waals surface area contributed by atoms with Crippen LogP contribution in [0.3, 0.4) is 0 Å². The van der Waals surface area contributed by atoms with Crippen molar-refractivity contribution >= 4 is 6.03 Å². The summed E-state index contributed by atoms with van der Waals surface area (Å²) < 4.78 is 5.56. The number of hydrogen-bond donors (Lipinski definition) is 1. The fourth-order valence-corrected chi connectivity index (χ4v) is 3.46. The molecule has 26 heavy (non-hydrogen) atoms. The third-order valence-corrected chi connectivity index (χ3v) is 4.88. The molecule has 140 valence electrons. The second kappa shape index (κ2) is 8.85. The lowest BCUT2D eigenvalue weighted by molar-refractivity contribution is 0.155. The monoisotopic (exact) mass is 356 g/mol. The fourth-order valence-electron chi connectivity index (χ4n) is 3.46. The second-order valence-electron chi connectivity index (χ2n) is 6.95. The van der Waals surface area contributed by atoms with Crippen LogP contribution in [0.15, 0.2) is 41.1 Å². The van der Waals surface area contributed by atoms with Gasteiger partial charge in [-0.3, -0.25) is 9.88 Å². The van der Waals surface area contributed by atoms with Gasteiger partial charge in [-0.05, 0) is 56.6 Å². The molecular formula is C20H28N4O2. The second-order valence-corrected chi connectivity index (χ2v) is 6.95. The lowest BCUT2D eigenvalue weighted by Crippen LogP contribution is -2.44. The number of pyridine rings is 1. The number of rotatable bonds is 6. The predicted octanol–water partition coefficient (Wildman–Crippen LogP) is 3.35. The number of aromatic nitrogens is 1. The van der Waals surface area contributed by atoms with Crippen molar-refractivity contribution in [3.63, 3.8) is 0 Å². The van der Waals surface area contributed by atoms with E-state index in [9.17, 15) is 4.79 Å². The van der Waals surface area contributed by atoms with E-state index >= 15 is 0 Å². The van der Waals surface area contributed by atoms with E-state index in [0.29, 0.717) is 13.1 Å². The molecule has 1 unspecified atom stereocenters. The van der Waals surface area contributed by atoms with Crippen molar-refractivity contribution < 1.29 is 9.21 Å². The Morgan fingerprint density at radius 2 is 2.12 bits per heavy atom. The molecule has 0 bridgehead atoms. The molecule has 6 nitrogen and oxygen atoms in total. The molecule has 2 amide bonds. The van der Waals surface area contributed by atoms with Gasteiger partial charge in [-0.1, -0.05) is 12.5 Å². The van der Waals surface area contributed by atoms with Gasteiger partial charge in [0.1, 0.15) is 11.5 Å². The highest BCUT2D eigenvalue weighted by Crippen LogP contribution is 2.23. The summed E-state index contributed by atoms with van der Waals surface area (Å²) >= 11 is 0. The van der Waals surface area contributed by atoms with E-state index < -0.39 is 0 Å². The zero-order chi connectivity index (χ0) is 18.4. The summed E-state index contributed by atoms with van der Waals surface area (Å²) in [5.41, 5.74) is 1.15. The molecule has 0 aromatic carbocycles. The Labute approximate surface area is 155 Å². The van der Waals surface area contributed by atoms with Gasteiger partial charge in [0, 0.05) is 26.0 Å². The van der Waals surface area contributed by atoms with Gasteiger partial charge in [-0.2, -0.15) is 0 Å². The number of furan rings is 1. The van der Waals surface area contributed by atoms with E-state index in [1.807, 2.05) is 31.3 Å². The molecule has 1 aliphatic heterocycles. The third kappa shape index (κ3) is 4.85. The van der Waals surface area contributed by atoms with Crippen molar-refractivity contribution in [1.82, 2.24) is 20.1 Å². The molecular weight excluding hydrogens is 328 g/mol. The van der Waals surface area contributed by atoms with Crippen LogP contribution in [0.2, 0.25) is 0 Å². The van der Waals surface area contributed by atoms with E-state index in [2.05, 4.69) is 21.3 Å². The quantitative estimate of drug-likeness (QED) is 0.862. The lowest BCUT2D eigenvalue weighted by Gasteiger charge is -2.35. The van der Waals surface area contributed by atoms with Crippen molar-refractivity contribution in [2.24, 2.45) is 0 Å². The van der Waals surface area contributed by atoms with Gasteiger partial charge in [0.2, 0.25) is 0 Å². The standard InChI is InChI=1S/C20H28N4O2/c1-16-8-9-18(26-16)15-23(2)20(25)22-14-19(17-7-6-10-21-13-17)24-11-4-3-5-12-24/h6-10,13,19H,3-5,11-12,14-15H2,1-2H3,(H,22,25). The Hall–Kier alpha value is -2.34.